The molecule has 0 unspecified atom stereocenters. The summed E-state index contributed by atoms with van der Waals surface area (Å²) in [4.78, 5) is 40.5. The normalized spacial score (nSPS) is 15.0. The van der Waals surface area contributed by atoms with Gasteiger partial charge in [-0.1, -0.05) is 77.9 Å². The summed E-state index contributed by atoms with van der Waals surface area (Å²) in [6.45, 7) is 7.92. The SMILES string of the molecule is Cc1cc(C)cc(Cc2ccc3ccccc3c2/C=C2\C(=O)NC(=O)N(c3cccc(C)c3C)C2=O)c1. The van der Waals surface area contributed by atoms with Gasteiger partial charge in [-0.3, -0.25) is 14.9 Å². The number of rotatable bonds is 4. The average Bonchev–Trinajstić information content (AvgIpc) is 2.84. The van der Waals surface area contributed by atoms with Gasteiger partial charge in [0.2, 0.25) is 0 Å². The molecule has 4 amide bonds. The van der Waals surface area contributed by atoms with E-state index >= 15 is 0 Å². The number of nitrogens with one attached hydrogen (secondary N) is 1. The minimum atomic E-state index is -0.741. The zero-order chi connectivity index (χ0) is 26.3. The molecule has 0 aliphatic carbocycles. The average molecular weight is 489 g/mol. The van der Waals surface area contributed by atoms with Gasteiger partial charge in [0.1, 0.15) is 5.57 Å². The lowest BCUT2D eigenvalue weighted by molar-refractivity contribution is -0.122. The Morgan fingerprint density at radius 1 is 0.811 bits per heavy atom. The van der Waals surface area contributed by atoms with Gasteiger partial charge in [-0.2, -0.15) is 0 Å². The third kappa shape index (κ3) is 4.56. The van der Waals surface area contributed by atoms with Crippen LogP contribution in [0.4, 0.5) is 10.5 Å². The van der Waals surface area contributed by atoms with Crippen molar-refractivity contribution in [2.45, 2.75) is 34.1 Å². The van der Waals surface area contributed by atoms with E-state index in [1.165, 1.54) is 11.1 Å². The van der Waals surface area contributed by atoms with E-state index in [0.717, 1.165) is 43.5 Å². The van der Waals surface area contributed by atoms with Crippen LogP contribution < -0.4 is 10.2 Å². The second-order valence-electron chi connectivity index (χ2n) is 9.71. The molecular weight excluding hydrogens is 460 g/mol. The van der Waals surface area contributed by atoms with E-state index in [9.17, 15) is 14.4 Å². The molecule has 0 spiro atoms. The smallest absolute Gasteiger partial charge is 0.273 e. The first-order valence-electron chi connectivity index (χ1n) is 12.3. The number of imide groups is 2. The number of hydrogen-bond donors (Lipinski definition) is 1. The number of carbonyl (C=O) groups is 3. The largest absolute Gasteiger partial charge is 0.335 e. The molecule has 37 heavy (non-hydrogen) atoms. The van der Waals surface area contributed by atoms with E-state index in [1.807, 2.05) is 50.2 Å². The number of aryl methyl sites for hydroxylation is 3. The Morgan fingerprint density at radius 2 is 1.54 bits per heavy atom. The molecule has 0 bridgehead atoms. The fourth-order valence-electron chi connectivity index (χ4n) is 5.05. The van der Waals surface area contributed by atoms with Crippen LogP contribution in [0.3, 0.4) is 0 Å². The highest BCUT2D eigenvalue weighted by Gasteiger charge is 2.37. The molecule has 0 aromatic heterocycles. The van der Waals surface area contributed by atoms with Crippen LogP contribution in [-0.2, 0) is 16.0 Å². The second kappa shape index (κ2) is 9.51. The van der Waals surface area contributed by atoms with Crippen molar-refractivity contribution in [2.75, 3.05) is 4.90 Å². The highest BCUT2D eigenvalue weighted by atomic mass is 16.2. The van der Waals surface area contributed by atoms with Crippen molar-refractivity contribution in [3.05, 3.63) is 117 Å². The maximum atomic E-state index is 13.7. The molecule has 1 heterocycles. The number of fused-ring (bicyclic) bond motifs is 1. The number of carbonyl (C=O) groups excluding carboxylic acids is 3. The van der Waals surface area contributed by atoms with Gasteiger partial charge in [0.25, 0.3) is 11.8 Å². The molecule has 184 valence electrons. The van der Waals surface area contributed by atoms with E-state index in [0.29, 0.717) is 12.1 Å². The molecule has 1 N–H and O–H groups in total. The quantitative estimate of drug-likeness (QED) is 0.270. The Labute approximate surface area is 216 Å². The van der Waals surface area contributed by atoms with Crippen molar-refractivity contribution in [1.29, 1.82) is 0 Å². The van der Waals surface area contributed by atoms with Crippen LogP contribution in [0, 0.1) is 27.7 Å². The Morgan fingerprint density at radius 3 is 2.30 bits per heavy atom. The van der Waals surface area contributed by atoms with Gasteiger partial charge in [-0.05, 0) is 84.8 Å². The first-order valence-corrected chi connectivity index (χ1v) is 12.3. The van der Waals surface area contributed by atoms with E-state index in [2.05, 4.69) is 43.4 Å². The Hall–Kier alpha value is -4.51. The maximum Gasteiger partial charge on any atom is 0.335 e. The molecule has 0 radical (unpaired) electrons. The molecule has 5 heteroatoms. The molecule has 0 saturated carbocycles. The molecule has 1 aliphatic heterocycles. The van der Waals surface area contributed by atoms with Crippen LogP contribution in [0.15, 0.2) is 78.4 Å². The third-order valence-corrected chi connectivity index (χ3v) is 6.94. The molecule has 1 aliphatic rings. The summed E-state index contributed by atoms with van der Waals surface area (Å²) in [5.41, 5.74) is 7.45. The maximum absolute atomic E-state index is 13.7. The van der Waals surface area contributed by atoms with Crippen molar-refractivity contribution in [1.82, 2.24) is 5.32 Å². The number of nitrogens with zero attached hydrogens (tertiary/aromatic N) is 1. The van der Waals surface area contributed by atoms with Crippen LogP contribution >= 0.6 is 0 Å². The van der Waals surface area contributed by atoms with Gasteiger partial charge in [0, 0.05) is 0 Å². The van der Waals surface area contributed by atoms with Crippen molar-refractivity contribution in [3.8, 4) is 0 Å². The van der Waals surface area contributed by atoms with Gasteiger partial charge < -0.3 is 0 Å². The zero-order valence-electron chi connectivity index (χ0n) is 21.4. The van der Waals surface area contributed by atoms with Crippen LogP contribution in [0.1, 0.15) is 38.9 Å². The van der Waals surface area contributed by atoms with Crippen LogP contribution in [0.2, 0.25) is 0 Å². The lowest BCUT2D eigenvalue weighted by Gasteiger charge is -2.28. The first kappa shape index (κ1) is 24.2. The van der Waals surface area contributed by atoms with E-state index in [4.69, 9.17) is 0 Å². The summed E-state index contributed by atoms with van der Waals surface area (Å²) in [7, 11) is 0. The number of amides is 4. The van der Waals surface area contributed by atoms with Gasteiger partial charge in [0.15, 0.2) is 0 Å². The molecule has 5 nitrogen and oxygen atoms in total. The topological polar surface area (TPSA) is 66.5 Å². The molecule has 1 fully saturated rings. The predicted molar refractivity (Wildman–Crippen MR) is 148 cm³/mol. The Kier molecular flexibility index (Phi) is 6.22. The highest BCUT2D eigenvalue weighted by Crippen LogP contribution is 2.31. The van der Waals surface area contributed by atoms with Gasteiger partial charge in [-0.25, -0.2) is 9.69 Å². The summed E-state index contributed by atoms with van der Waals surface area (Å²) >= 11 is 0. The van der Waals surface area contributed by atoms with Gasteiger partial charge in [-0.15, -0.1) is 0 Å². The van der Waals surface area contributed by atoms with Gasteiger partial charge in [0.05, 0.1) is 5.69 Å². The minimum absolute atomic E-state index is 0.0708. The second-order valence-corrected chi connectivity index (χ2v) is 9.71. The van der Waals surface area contributed by atoms with Crippen molar-refractivity contribution >= 4 is 40.4 Å². The number of barbiturate groups is 1. The minimum Gasteiger partial charge on any atom is -0.273 e. The molecular formula is C32H28N2O3. The molecule has 0 atom stereocenters. The van der Waals surface area contributed by atoms with Gasteiger partial charge >= 0.3 is 6.03 Å². The van der Waals surface area contributed by atoms with E-state index in [-0.39, 0.29) is 5.57 Å². The Bertz CT molecular complexity index is 1610. The molecule has 4 aromatic carbocycles. The summed E-state index contributed by atoms with van der Waals surface area (Å²) in [6, 6.07) is 23.1. The van der Waals surface area contributed by atoms with Crippen molar-refractivity contribution in [2.24, 2.45) is 0 Å². The predicted octanol–water partition coefficient (Wildman–Crippen LogP) is 6.33. The van der Waals surface area contributed by atoms with Crippen LogP contribution in [0.25, 0.3) is 16.8 Å². The fraction of sp³-hybridized carbons (Fsp3) is 0.156. The standard InChI is InChI=1S/C32H28N2O3/c1-19-14-20(2)16-23(15-19)17-25-13-12-24-9-5-6-10-26(24)27(25)18-28-30(35)33-32(37)34(31(28)36)29-11-7-8-21(3)22(29)4/h5-16,18H,17H2,1-4H3,(H,33,35,37)/b28-18+. The monoisotopic (exact) mass is 488 g/mol. The molecule has 4 aromatic rings. The third-order valence-electron chi connectivity index (χ3n) is 6.94. The summed E-state index contributed by atoms with van der Waals surface area (Å²) in [5, 5.41) is 4.31. The fourth-order valence-corrected chi connectivity index (χ4v) is 5.05. The van der Waals surface area contributed by atoms with Crippen molar-refractivity contribution in [3.63, 3.8) is 0 Å². The molecule has 1 saturated heterocycles. The number of benzene rings is 4. The number of anilines is 1. The van der Waals surface area contributed by atoms with Crippen LogP contribution in [0.5, 0.6) is 0 Å². The van der Waals surface area contributed by atoms with E-state index in [1.54, 1.807) is 18.2 Å². The summed E-state index contributed by atoms with van der Waals surface area (Å²) in [5.74, 6) is -1.32. The Balaban J connectivity index is 1.66. The first-order chi connectivity index (χ1) is 17.7. The number of hydrogen-bond acceptors (Lipinski definition) is 3. The lowest BCUT2D eigenvalue weighted by atomic mass is 9.91. The number of urea groups is 1. The van der Waals surface area contributed by atoms with Crippen LogP contribution in [-0.4, -0.2) is 17.8 Å². The summed E-state index contributed by atoms with van der Waals surface area (Å²) in [6.07, 6.45) is 2.28. The highest BCUT2D eigenvalue weighted by molar-refractivity contribution is 6.39. The summed E-state index contributed by atoms with van der Waals surface area (Å²) < 4.78 is 0. The lowest BCUT2D eigenvalue weighted by Crippen LogP contribution is -2.54. The van der Waals surface area contributed by atoms with Crippen molar-refractivity contribution < 1.29 is 14.4 Å². The van der Waals surface area contributed by atoms with E-state index < -0.39 is 17.8 Å². The molecule has 5 rings (SSSR count). The zero-order valence-corrected chi connectivity index (χ0v) is 21.4.